The van der Waals surface area contributed by atoms with Gasteiger partial charge < -0.3 is 14.8 Å². The molecule has 0 aromatic carbocycles. The second-order valence-corrected chi connectivity index (χ2v) is 5.46. The summed E-state index contributed by atoms with van der Waals surface area (Å²) >= 11 is 0. The van der Waals surface area contributed by atoms with Crippen LogP contribution in [0.25, 0.3) is 11.0 Å². The maximum absolute atomic E-state index is 4.49. The molecule has 1 aliphatic heterocycles. The molecule has 2 aromatic heterocycles. The number of anilines is 1. The summed E-state index contributed by atoms with van der Waals surface area (Å²) in [5.41, 5.74) is 0.916. The van der Waals surface area contributed by atoms with Crippen LogP contribution in [0.1, 0.15) is 19.3 Å². The van der Waals surface area contributed by atoms with Gasteiger partial charge in [-0.15, -0.1) is 0 Å². The Morgan fingerprint density at radius 3 is 3.16 bits per heavy atom. The van der Waals surface area contributed by atoms with Crippen molar-refractivity contribution in [3.05, 3.63) is 18.6 Å². The second kappa shape index (κ2) is 5.17. The van der Waals surface area contributed by atoms with E-state index in [4.69, 9.17) is 0 Å². The summed E-state index contributed by atoms with van der Waals surface area (Å²) in [6.07, 6.45) is 7.39. The Kier molecular flexibility index (Phi) is 3.38. The van der Waals surface area contributed by atoms with Gasteiger partial charge in [0.15, 0.2) is 0 Å². The molecule has 0 spiro atoms. The summed E-state index contributed by atoms with van der Waals surface area (Å²) in [7, 11) is 4.36. The number of H-pyrrole nitrogens is 1. The standard InChI is InChI=1S/C14H21N5/c1-18-8-4-3-5-11(9-18)19(2)14-12-6-7-15-13(12)16-10-17-14/h6-7,10-11H,3-5,8-9H2,1-2H3,(H,15,16,17). The van der Waals surface area contributed by atoms with Crippen molar-refractivity contribution in [2.75, 3.05) is 32.1 Å². The van der Waals surface area contributed by atoms with Gasteiger partial charge in [0.2, 0.25) is 0 Å². The van der Waals surface area contributed by atoms with Gasteiger partial charge in [0.05, 0.1) is 5.39 Å². The summed E-state index contributed by atoms with van der Waals surface area (Å²) in [5.74, 6) is 1.03. The van der Waals surface area contributed by atoms with Crippen LogP contribution in [-0.2, 0) is 0 Å². The van der Waals surface area contributed by atoms with Crippen LogP contribution in [-0.4, -0.2) is 53.1 Å². The van der Waals surface area contributed by atoms with Gasteiger partial charge in [0.25, 0.3) is 0 Å². The number of nitrogens with one attached hydrogen (secondary N) is 1. The van der Waals surface area contributed by atoms with Gasteiger partial charge in [-0.1, -0.05) is 6.42 Å². The first-order valence-electron chi connectivity index (χ1n) is 6.95. The van der Waals surface area contributed by atoms with Gasteiger partial charge >= 0.3 is 0 Å². The van der Waals surface area contributed by atoms with Crippen LogP contribution in [0.4, 0.5) is 5.82 Å². The molecule has 5 nitrogen and oxygen atoms in total. The molecule has 3 heterocycles. The Balaban J connectivity index is 1.90. The van der Waals surface area contributed by atoms with Gasteiger partial charge in [-0.05, 0) is 32.5 Å². The van der Waals surface area contributed by atoms with Crippen LogP contribution in [0.3, 0.4) is 0 Å². The lowest BCUT2D eigenvalue weighted by Gasteiger charge is -2.30. The van der Waals surface area contributed by atoms with Crippen LogP contribution >= 0.6 is 0 Å². The number of hydrogen-bond acceptors (Lipinski definition) is 4. The van der Waals surface area contributed by atoms with Crippen molar-refractivity contribution >= 4 is 16.9 Å². The Hall–Kier alpha value is -1.62. The van der Waals surface area contributed by atoms with Crippen molar-refractivity contribution in [3.63, 3.8) is 0 Å². The lowest BCUT2D eigenvalue weighted by atomic mass is 10.1. The number of nitrogens with zero attached hydrogens (tertiary/aromatic N) is 4. The molecule has 2 aromatic rings. The molecule has 0 amide bonds. The van der Waals surface area contributed by atoms with E-state index in [0.29, 0.717) is 6.04 Å². The number of fused-ring (bicyclic) bond motifs is 1. The van der Waals surface area contributed by atoms with E-state index >= 15 is 0 Å². The normalized spacial score (nSPS) is 21.5. The van der Waals surface area contributed by atoms with Crippen LogP contribution in [0, 0.1) is 0 Å². The van der Waals surface area contributed by atoms with E-state index in [0.717, 1.165) is 23.4 Å². The number of rotatable bonds is 2. The molecule has 19 heavy (non-hydrogen) atoms. The number of aromatic nitrogens is 3. The molecule has 1 aliphatic rings. The smallest absolute Gasteiger partial charge is 0.142 e. The number of aromatic amines is 1. The molecule has 0 bridgehead atoms. The van der Waals surface area contributed by atoms with E-state index in [1.165, 1.54) is 25.8 Å². The molecule has 102 valence electrons. The van der Waals surface area contributed by atoms with Crippen LogP contribution in [0.2, 0.25) is 0 Å². The van der Waals surface area contributed by atoms with Gasteiger partial charge in [-0.2, -0.15) is 0 Å². The number of hydrogen-bond donors (Lipinski definition) is 1. The van der Waals surface area contributed by atoms with E-state index in [1.54, 1.807) is 6.33 Å². The zero-order chi connectivity index (χ0) is 13.2. The highest BCUT2D eigenvalue weighted by Gasteiger charge is 2.22. The fourth-order valence-corrected chi connectivity index (χ4v) is 2.93. The second-order valence-electron chi connectivity index (χ2n) is 5.46. The van der Waals surface area contributed by atoms with Crippen molar-refractivity contribution in [2.45, 2.75) is 25.3 Å². The zero-order valence-corrected chi connectivity index (χ0v) is 11.6. The first-order chi connectivity index (χ1) is 9.25. The predicted octanol–water partition coefficient (Wildman–Crippen LogP) is 1.88. The summed E-state index contributed by atoms with van der Waals surface area (Å²) in [6.45, 7) is 2.31. The minimum atomic E-state index is 0.528. The molecular formula is C14H21N5. The number of likely N-dealkylation sites (N-methyl/N-ethyl adjacent to an activating group) is 2. The van der Waals surface area contributed by atoms with Crippen molar-refractivity contribution in [1.29, 1.82) is 0 Å². The third kappa shape index (κ3) is 2.42. The van der Waals surface area contributed by atoms with E-state index in [9.17, 15) is 0 Å². The monoisotopic (exact) mass is 259 g/mol. The van der Waals surface area contributed by atoms with Crippen molar-refractivity contribution in [2.24, 2.45) is 0 Å². The minimum Gasteiger partial charge on any atom is -0.355 e. The van der Waals surface area contributed by atoms with Gasteiger partial charge in [0, 0.05) is 25.8 Å². The van der Waals surface area contributed by atoms with E-state index < -0.39 is 0 Å². The molecular weight excluding hydrogens is 238 g/mol. The maximum Gasteiger partial charge on any atom is 0.142 e. The summed E-state index contributed by atoms with van der Waals surface area (Å²) < 4.78 is 0. The first-order valence-corrected chi connectivity index (χ1v) is 6.95. The molecule has 0 radical (unpaired) electrons. The molecule has 5 heteroatoms. The molecule has 3 rings (SSSR count). The Labute approximate surface area is 113 Å². The summed E-state index contributed by atoms with van der Waals surface area (Å²) in [6, 6.07) is 2.59. The SMILES string of the molecule is CN1CCCCC(N(C)c2ncnc3[nH]ccc23)C1. The lowest BCUT2D eigenvalue weighted by molar-refractivity contribution is 0.329. The van der Waals surface area contributed by atoms with Crippen molar-refractivity contribution < 1.29 is 0 Å². The summed E-state index contributed by atoms with van der Waals surface area (Å²) in [5, 5.41) is 1.11. The Morgan fingerprint density at radius 1 is 1.37 bits per heavy atom. The third-order valence-electron chi connectivity index (χ3n) is 4.06. The Morgan fingerprint density at radius 2 is 2.26 bits per heavy atom. The molecule has 1 atom stereocenters. The summed E-state index contributed by atoms with van der Waals surface area (Å²) in [4.78, 5) is 16.6. The van der Waals surface area contributed by atoms with Crippen molar-refractivity contribution in [3.8, 4) is 0 Å². The topological polar surface area (TPSA) is 48.1 Å². The van der Waals surface area contributed by atoms with Crippen molar-refractivity contribution in [1.82, 2.24) is 19.9 Å². The molecule has 1 fully saturated rings. The van der Waals surface area contributed by atoms with Crippen LogP contribution in [0.15, 0.2) is 18.6 Å². The first kappa shape index (κ1) is 12.4. The number of likely N-dealkylation sites (tertiary alicyclic amines) is 1. The molecule has 1 unspecified atom stereocenters. The average molecular weight is 259 g/mol. The van der Waals surface area contributed by atoms with Gasteiger partial charge in [0.1, 0.15) is 17.8 Å². The highest BCUT2D eigenvalue weighted by Crippen LogP contribution is 2.25. The lowest BCUT2D eigenvalue weighted by Crippen LogP contribution is -2.40. The predicted molar refractivity (Wildman–Crippen MR) is 77.4 cm³/mol. The maximum atomic E-state index is 4.49. The minimum absolute atomic E-state index is 0.528. The van der Waals surface area contributed by atoms with E-state index in [-0.39, 0.29) is 0 Å². The Bertz CT molecular complexity index is 550. The van der Waals surface area contributed by atoms with E-state index in [2.05, 4.69) is 44.9 Å². The van der Waals surface area contributed by atoms with Gasteiger partial charge in [-0.25, -0.2) is 9.97 Å². The molecule has 1 N–H and O–H groups in total. The molecule has 0 aliphatic carbocycles. The van der Waals surface area contributed by atoms with Gasteiger partial charge in [-0.3, -0.25) is 0 Å². The fourth-order valence-electron chi connectivity index (χ4n) is 2.93. The quantitative estimate of drug-likeness (QED) is 0.894. The molecule has 1 saturated heterocycles. The van der Waals surface area contributed by atoms with Crippen LogP contribution in [0.5, 0.6) is 0 Å². The van der Waals surface area contributed by atoms with E-state index in [1.807, 2.05) is 6.20 Å². The third-order valence-corrected chi connectivity index (χ3v) is 4.06. The average Bonchev–Trinajstić information content (AvgIpc) is 2.79. The molecule has 0 saturated carbocycles. The zero-order valence-electron chi connectivity index (χ0n) is 11.6. The highest BCUT2D eigenvalue weighted by molar-refractivity contribution is 5.87. The highest BCUT2D eigenvalue weighted by atomic mass is 15.2. The van der Waals surface area contributed by atoms with Crippen LogP contribution < -0.4 is 4.90 Å². The fraction of sp³-hybridized carbons (Fsp3) is 0.571. The largest absolute Gasteiger partial charge is 0.355 e.